The van der Waals surface area contributed by atoms with Crippen molar-refractivity contribution < 1.29 is 9.47 Å². The van der Waals surface area contributed by atoms with Crippen LogP contribution in [0.2, 0.25) is 0 Å². The number of likely N-dealkylation sites (N-methyl/N-ethyl adjacent to an activating group) is 1. The summed E-state index contributed by atoms with van der Waals surface area (Å²) in [5, 5.41) is 3.51. The molecule has 0 saturated carbocycles. The molecule has 1 saturated heterocycles. The van der Waals surface area contributed by atoms with Crippen molar-refractivity contribution in [3.8, 4) is 0 Å². The minimum absolute atomic E-state index is 0.145. The van der Waals surface area contributed by atoms with Gasteiger partial charge in [-0.2, -0.15) is 0 Å². The maximum absolute atomic E-state index is 5.81. The van der Waals surface area contributed by atoms with Crippen LogP contribution in [0.1, 0.15) is 29.6 Å². The van der Waals surface area contributed by atoms with Crippen LogP contribution in [0.3, 0.4) is 0 Å². The maximum atomic E-state index is 5.81. The van der Waals surface area contributed by atoms with Crippen LogP contribution in [0.25, 0.3) is 0 Å². The summed E-state index contributed by atoms with van der Waals surface area (Å²) in [6.45, 7) is 7.39. The summed E-state index contributed by atoms with van der Waals surface area (Å²) in [5.74, 6) is 0. The van der Waals surface area contributed by atoms with Gasteiger partial charge < -0.3 is 14.8 Å². The van der Waals surface area contributed by atoms with Crippen LogP contribution in [0, 0.1) is 0 Å². The average Bonchev–Trinajstić information content (AvgIpc) is 2.85. The molecule has 0 radical (unpaired) electrons. The van der Waals surface area contributed by atoms with Gasteiger partial charge in [-0.3, -0.25) is 0 Å². The number of hydrogen-bond acceptors (Lipinski definition) is 4. The van der Waals surface area contributed by atoms with Gasteiger partial charge >= 0.3 is 0 Å². The fourth-order valence-corrected chi connectivity index (χ4v) is 3.17. The van der Waals surface area contributed by atoms with Crippen molar-refractivity contribution in [3.63, 3.8) is 0 Å². The van der Waals surface area contributed by atoms with Gasteiger partial charge in [0, 0.05) is 9.75 Å². The second-order valence-corrected chi connectivity index (χ2v) is 5.38. The third kappa shape index (κ3) is 3.28. The molecule has 0 bridgehead atoms. The zero-order chi connectivity index (χ0) is 12.1. The Hall–Kier alpha value is -0.420. The number of rotatable bonds is 5. The van der Waals surface area contributed by atoms with Gasteiger partial charge in [-0.05, 0) is 25.1 Å². The second-order valence-electron chi connectivity index (χ2n) is 4.18. The summed E-state index contributed by atoms with van der Waals surface area (Å²) in [5.41, 5.74) is 0. The van der Waals surface area contributed by atoms with Crippen LogP contribution in [-0.4, -0.2) is 32.5 Å². The Bertz CT molecular complexity index is 334. The molecule has 1 aromatic heterocycles. The van der Waals surface area contributed by atoms with E-state index in [0.717, 1.165) is 19.6 Å². The Morgan fingerprint density at radius 2 is 2.29 bits per heavy atom. The molecule has 2 atom stereocenters. The summed E-state index contributed by atoms with van der Waals surface area (Å²) in [7, 11) is 0. The Balaban J connectivity index is 2.09. The molecule has 3 nitrogen and oxygen atoms in total. The van der Waals surface area contributed by atoms with E-state index in [1.54, 1.807) is 0 Å². The van der Waals surface area contributed by atoms with Crippen molar-refractivity contribution in [1.29, 1.82) is 0 Å². The summed E-state index contributed by atoms with van der Waals surface area (Å²) in [4.78, 5) is 2.79. The molecule has 1 fully saturated rings. The van der Waals surface area contributed by atoms with Crippen LogP contribution in [0.5, 0.6) is 0 Å². The van der Waals surface area contributed by atoms with Crippen molar-refractivity contribution in [2.45, 2.75) is 32.4 Å². The lowest BCUT2D eigenvalue weighted by Gasteiger charge is -2.30. The molecule has 2 heterocycles. The largest absolute Gasteiger partial charge is 0.376 e. The normalized spacial score (nSPS) is 22.6. The molecule has 0 amide bonds. The van der Waals surface area contributed by atoms with Gasteiger partial charge in [-0.15, -0.1) is 11.3 Å². The van der Waals surface area contributed by atoms with E-state index in [1.165, 1.54) is 9.75 Å². The highest BCUT2D eigenvalue weighted by Gasteiger charge is 2.26. The average molecular weight is 255 g/mol. The number of nitrogens with one attached hydrogen (secondary N) is 1. The fraction of sp³-hybridized carbons (Fsp3) is 0.692. The summed E-state index contributed by atoms with van der Waals surface area (Å²) < 4.78 is 11.3. The van der Waals surface area contributed by atoms with Crippen molar-refractivity contribution in [2.75, 3.05) is 26.4 Å². The van der Waals surface area contributed by atoms with Crippen molar-refractivity contribution >= 4 is 11.3 Å². The topological polar surface area (TPSA) is 30.5 Å². The first-order valence-corrected chi connectivity index (χ1v) is 7.18. The van der Waals surface area contributed by atoms with Crippen LogP contribution in [-0.2, 0) is 15.9 Å². The molecular formula is C13H21NO2S. The zero-order valence-corrected chi connectivity index (χ0v) is 11.4. The fourth-order valence-electron chi connectivity index (χ4n) is 2.09. The van der Waals surface area contributed by atoms with E-state index < -0.39 is 0 Å². The van der Waals surface area contributed by atoms with Gasteiger partial charge in [0.25, 0.3) is 0 Å². The lowest BCUT2D eigenvalue weighted by molar-refractivity contribution is -0.102. The molecule has 0 spiro atoms. The first-order valence-electron chi connectivity index (χ1n) is 6.36. The summed E-state index contributed by atoms with van der Waals surface area (Å²) in [6, 6.07) is 4.70. The highest BCUT2D eigenvalue weighted by molar-refractivity contribution is 7.12. The highest BCUT2D eigenvalue weighted by Crippen LogP contribution is 2.28. The monoisotopic (exact) mass is 255 g/mol. The third-order valence-corrected chi connectivity index (χ3v) is 4.29. The predicted octanol–water partition coefficient (Wildman–Crippen LogP) is 2.38. The van der Waals surface area contributed by atoms with Crippen LogP contribution < -0.4 is 5.32 Å². The molecule has 0 aromatic carbocycles. The molecular weight excluding hydrogens is 234 g/mol. The van der Waals surface area contributed by atoms with Gasteiger partial charge in [-0.25, -0.2) is 0 Å². The molecule has 17 heavy (non-hydrogen) atoms. The molecule has 1 aliphatic rings. The van der Waals surface area contributed by atoms with E-state index in [2.05, 4.69) is 31.3 Å². The van der Waals surface area contributed by atoms with Gasteiger partial charge in [0.1, 0.15) is 6.10 Å². The molecule has 4 heteroatoms. The number of hydrogen-bond donors (Lipinski definition) is 1. The van der Waals surface area contributed by atoms with Gasteiger partial charge in [0.05, 0.1) is 25.9 Å². The van der Waals surface area contributed by atoms with Crippen LogP contribution >= 0.6 is 11.3 Å². The standard InChI is InChI=1S/C13H21NO2S/c1-3-10-5-6-12(17-10)13(14-4-2)11-9-15-7-8-16-11/h5-6,11,13-14H,3-4,7-9H2,1-2H3. The van der Waals surface area contributed by atoms with Crippen molar-refractivity contribution in [1.82, 2.24) is 5.32 Å². The highest BCUT2D eigenvalue weighted by atomic mass is 32.1. The second kappa shape index (κ2) is 6.50. The molecule has 96 valence electrons. The van der Waals surface area contributed by atoms with Crippen molar-refractivity contribution in [2.24, 2.45) is 0 Å². The molecule has 2 unspecified atom stereocenters. The minimum atomic E-state index is 0.145. The number of ether oxygens (including phenoxy) is 2. The quantitative estimate of drug-likeness (QED) is 0.876. The Morgan fingerprint density at radius 1 is 1.41 bits per heavy atom. The van der Waals surface area contributed by atoms with Gasteiger partial charge in [0.2, 0.25) is 0 Å². The molecule has 1 aromatic rings. The summed E-state index contributed by atoms with van der Waals surface area (Å²) >= 11 is 1.88. The van der Waals surface area contributed by atoms with E-state index in [1.807, 2.05) is 11.3 Å². The Labute approximate surface area is 107 Å². The van der Waals surface area contributed by atoms with Gasteiger partial charge in [-0.1, -0.05) is 13.8 Å². The van der Waals surface area contributed by atoms with E-state index in [4.69, 9.17) is 9.47 Å². The van der Waals surface area contributed by atoms with E-state index in [9.17, 15) is 0 Å². The third-order valence-electron chi connectivity index (χ3n) is 2.97. The van der Waals surface area contributed by atoms with Gasteiger partial charge in [0.15, 0.2) is 0 Å². The van der Waals surface area contributed by atoms with E-state index in [0.29, 0.717) is 13.2 Å². The smallest absolute Gasteiger partial charge is 0.101 e. The lowest BCUT2D eigenvalue weighted by atomic mass is 10.1. The van der Waals surface area contributed by atoms with E-state index >= 15 is 0 Å². The molecule has 1 N–H and O–H groups in total. The van der Waals surface area contributed by atoms with Crippen LogP contribution in [0.4, 0.5) is 0 Å². The molecule has 0 aliphatic carbocycles. The van der Waals surface area contributed by atoms with Crippen LogP contribution in [0.15, 0.2) is 12.1 Å². The first-order chi connectivity index (χ1) is 8.35. The predicted molar refractivity (Wildman–Crippen MR) is 70.7 cm³/mol. The summed E-state index contributed by atoms with van der Waals surface area (Å²) in [6.07, 6.45) is 1.25. The van der Waals surface area contributed by atoms with E-state index in [-0.39, 0.29) is 12.1 Å². The lowest BCUT2D eigenvalue weighted by Crippen LogP contribution is -2.40. The number of aryl methyl sites for hydroxylation is 1. The minimum Gasteiger partial charge on any atom is -0.376 e. The maximum Gasteiger partial charge on any atom is 0.101 e. The molecule has 1 aliphatic heterocycles. The molecule has 2 rings (SSSR count). The SMILES string of the molecule is CCNC(c1ccc(CC)s1)C1COCCO1. The number of thiophene rings is 1. The zero-order valence-electron chi connectivity index (χ0n) is 10.6. The first kappa shape index (κ1) is 13.0. The Morgan fingerprint density at radius 3 is 2.88 bits per heavy atom. The van der Waals surface area contributed by atoms with Crippen molar-refractivity contribution in [3.05, 3.63) is 21.9 Å². The Kier molecular flexibility index (Phi) is 4.98.